The third-order valence-corrected chi connectivity index (χ3v) is 10.8. The summed E-state index contributed by atoms with van der Waals surface area (Å²) in [7, 11) is 1.06. The molecule has 58 heavy (non-hydrogen) atoms. The van der Waals surface area contributed by atoms with Gasteiger partial charge in [0.1, 0.15) is 19.8 Å². The zero-order chi connectivity index (χ0) is 43.2. The van der Waals surface area contributed by atoms with E-state index in [0.717, 1.165) is 32.1 Å². The molecule has 0 saturated carbocycles. The van der Waals surface area contributed by atoms with Crippen molar-refractivity contribution in [3.63, 3.8) is 0 Å². The van der Waals surface area contributed by atoms with Crippen molar-refractivity contribution in [1.82, 2.24) is 0 Å². The van der Waals surface area contributed by atoms with E-state index in [-0.39, 0.29) is 26.1 Å². The van der Waals surface area contributed by atoms with Crippen LogP contribution in [0.1, 0.15) is 181 Å². The summed E-state index contributed by atoms with van der Waals surface area (Å²) in [6.07, 6.45) is 34.9. The van der Waals surface area contributed by atoms with Gasteiger partial charge in [0.2, 0.25) is 0 Å². The zero-order valence-corrected chi connectivity index (χ0v) is 38.4. The number of unbranched alkanes of at least 4 members (excludes halogenated alkanes) is 18. The fourth-order valence-electron chi connectivity index (χ4n) is 6.07. The Morgan fingerprint density at radius 2 is 1.07 bits per heavy atom. The molecule has 0 aromatic heterocycles. The second-order valence-electron chi connectivity index (χ2n) is 16.7. The number of carbonyl (C=O) groups is 2. The first kappa shape index (κ1) is 56.1. The minimum Gasteiger partial charge on any atom is -0.756 e. The van der Waals surface area contributed by atoms with Gasteiger partial charge in [0, 0.05) is 12.8 Å². The van der Waals surface area contributed by atoms with Crippen LogP contribution in [0.5, 0.6) is 0 Å². The number of hydrogen-bond acceptors (Lipinski definition) is 10. The van der Waals surface area contributed by atoms with Crippen LogP contribution >= 0.6 is 7.82 Å². The van der Waals surface area contributed by atoms with Gasteiger partial charge >= 0.3 is 11.9 Å². The number of esters is 2. The Kier molecular flexibility index (Phi) is 36.9. The minimum absolute atomic E-state index is 0.0610. The van der Waals surface area contributed by atoms with Crippen LogP contribution in [0.25, 0.3) is 0 Å². The number of ether oxygens (including phenoxy) is 2. The number of rotatable bonds is 41. The van der Waals surface area contributed by atoms with Crippen molar-refractivity contribution in [3.05, 3.63) is 36.5 Å². The number of quaternary nitrogens is 1. The van der Waals surface area contributed by atoms with Crippen molar-refractivity contribution >= 4 is 19.8 Å². The molecule has 0 aromatic rings. The number of nitrogens with zero attached hydrogens (tertiary/aromatic N) is 1. The molecule has 0 fully saturated rings. The van der Waals surface area contributed by atoms with Crippen LogP contribution in [0.4, 0.5) is 0 Å². The molecule has 11 nitrogen and oxygen atoms in total. The maximum Gasteiger partial charge on any atom is 0.306 e. The van der Waals surface area contributed by atoms with Crippen molar-refractivity contribution in [2.24, 2.45) is 0 Å². The van der Waals surface area contributed by atoms with Gasteiger partial charge in [-0.3, -0.25) is 14.2 Å². The fourth-order valence-corrected chi connectivity index (χ4v) is 6.80. The smallest absolute Gasteiger partial charge is 0.306 e. The first-order chi connectivity index (χ1) is 27.8. The number of phosphoric acid groups is 1. The normalized spacial score (nSPS) is 15.0. The Bertz CT molecular complexity index is 1120. The molecule has 340 valence electrons. The second kappa shape index (κ2) is 38.1. The van der Waals surface area contributed by atoms with E-state index in [9.17, 15) is 29.3 Å². The SMILES string of the molecule is CCCCC/C=C/CC(O)C(O)C/C=C\C/C=C\CCCC(=O)OC(COC(=O)CCCCCCCCCCCCCCCCC)COP(=O)([O-])OCC[N+](C)(C)C. The summed E-state index contributed by atoms with van der Waals surface area (Å²) in [6.45, 7) is 3.97. The molecule has 0 spiro atoms. The van der Waals surface area contributed by atoms with Gasteiger partial charge in [0.25, 0.3) is 7.82 Å². The maximum absolute atomic E-state index is 12.7. The molecule has 0 radical (unpaired) electrons. The highest BCUT2D eigenvalue weighted by Crippen LogP contribution is 2.38. The van der Waals surface area contributed by atoms with E-state index in [4.69, 9.17) is 18.5 Å². The van der Waals surface area contributed by atoms with E-state index in [0.29, 0.717) is 49.6 Å². The van der Waals surface area contributed by atoms with Gasteiger partial charge in [-0.2, -0.15) is 0 Å². The second-order valence-corrected chi connectivity index (χ2v) is 18.1. The number of aliphatic hydroxyl groups is 2. The van der Waals surface area contributed by atoms with Crippen LogP contribution in [-0.2, 0) is 32.7 Å². The molecule has 12 heteroatoms. The standard InChI is InChI=1S/C46H86NO10P/c1-6-8-10-12-14-15-16-17-18-19-20-21-24-28-32-36-45(50)54-40-42(41-56-58(52,53)55-39-38-47(3,4)5)57-46(51)37-33-29-25-22-23-27-31-35-44(49)43(48)34-30-26-13-11-9-7-2/h22,25-27,30-31,42-44,48-49H,6-21,23-24,28-29,32-41H2,1-5H3/b25-22-,30-26+,31-27-. The van der Waals surface area contributed by atoms with Gasteiger partial charge in [0.05, 0.1) is 40.0 Å². The molecule has 0 aliphatic rings. The number of allylic oxidation sites excluding steroid dienone is 4. The fraction of sp³-hybridized carbons (Fsp3) is 0.826. The molecule has 0 aliphatic heterocycles. The Morgan fingerprint density at radius 1 is 0.603 bits per heavy atom. The highest BCUT2D eigenvalue weighted by molar-refractivity contribution is 7.45. The summed E-state index contributed by atoms with van der Waals surface area (Å²) in [5.74, 6) is -0.967. The molecule has 2 N–H and O–H groups in total. The maximum atomic E-state index is 12.7. The largest absolute Gasteiger partial charge is 0.756 e. The molecule has 4 atom stereocenters. The highest BCUT2D eigenvalue weighted by Gasteiger charge is 2.21. The summed E-state index contributed by atoms with van der Waals surface area (Å²) in [4.78, 5) is 37.5. The predicted octanol–water partition coefficient (Wildman–Crippen LogP) is 10.2. The lowest BCUT2D eigenvalue weighted by Crippen LogP contribution is -2.37. The first-order valence-electron chi connectivity index (χ1n) is 22.9. The average molecular weight is 844 g/mol. The van der Waals surface area contributed by atoms with Crippen LogP contribution < -0.4 is 4.89 Å². The number of carbonyl (C=O) groups excluding carboxylic acids is 2. The predicted molar refractivity (Wildman–Crippen MR) is 234 cm³/mol. The molecule has 0 heterocycles. The van der Waals surface area contributed by atoms with Crippen molar-refractivity contribution in [2.45, 2.75) is 199 Å². The van der Waals surface area contributed by atoms with E-state index in [1.807, 2.05) is 51.5 Å². The molecular weight excluding hydrogens is 757 g/mol. The van der Waals surface area contributed by atoms with Crippen LogP contribution in [0.15, 0.2) is 36.5 Å². The van der Waals surface area contributed by atoms with E-state index < -0.39 is 44.7 Å². The molecule has 0 amide bonds. The van der Waals surface area contributed by atoms with E-state index in [1.165, 1.54) is 83.5 Å². The molecule has 0 rings (SSSR count). The Balaban J connectivity index is 4.52. The lowest BCUT2D eigenvalue weighted by molar-refractivity contribution is -0.870. The van der Waals surface area contributed by atoms with Crippen molar-refractivity contribution in [1.29, 1.82) is 0 Å². The van der Waals surface area contributed by atoms with E-state index in [1.54, 1.807) is 0 Å². The topological polar surface area (TPSA) is 152 Å². The van der Waals surface area contributed by atoms with Gasteiger partial charge in [-0.05, 0) is 51.4 Å². The molecular formula is C46H86NO10P. The molecule has 0 aromatic carbocycles. The van der Waals surface area contributed by atoms with Crippen molar-refractivity contribution in [3.8, 4) is 0 Å². The van der Waals surface area contributed by atoms with Crippen LogP contribution in [0, 0.1) is 0 Å². The number of aliphatic hydroxyl groups excluding tert-OH is 2. The Labute approximate surface area is 354 Å². The van der Waals surface area contributed by atoms with Gasteiger partial charge < -0.3 is 38.1 Å². The summed E-state index contributed by atoms with van der Waals surface area (Å²) < 4.78 is 33.8. The lowest BCUT2D eigenvalue weighted by atomic mass is 10.0. The Morgan fingerprint density at radius 3 is 1.64 bits per heavy atom. The number of likely N-dealkylation sites (N-methyl/N-ethyl adjacent to an activating group) is 1. The lowest BCUT2D eigenvalue weighted by Gasteiger charge is -2.28. The monoisotopic (exact) mass is 844 g/mol. The third kappa shape index (κ3) is 39.6. The first-order valence-corrected chi connectivity index (χ1v) is 24.3. The number of hydrogen-bond donors (Lipinski definition) is 2. The summed E-state index contributed by atoms with van der Waals surface area (Å²) in [5, 5.41) is 20.3. The molecule has 0 aliphatic carbocycles. The molecule has 4 unspecified atom stereocenters. The summed E-state index contributed by atoms with van der Waals surface area (Å²) in [6, 6.07) is 0. The summed E-state index contributed by atoms with van der Waals surface area (Å²) >= 11 is 0. The van der Waals surface area contributed by atoms with Gasteiger partial charge in [-0.25, -0.2) is 0 Å². The Hall–Kier alpha value is -1.85. The van der Waals surface area contributed by atoms with Gasteiger partial charge in [0.15, 0.2) is 6.10 Å². The third-order valence-electron chi connectivity index (χ3n) is 9.84. The van der Waals surface area contributed by atoms with Crippen molar-refractivity contribution < 1.29 is 52.3 Å². The quantitative estimate of drug-likeness (QED) is 0.0200. The van der Waals surface area contributed by atoms with Crippen LogP contribution in [0.2, 0.25) is 0 Å². The van der Waals surface area contributed by atoms with Gasteiger partial charge in [-0.1, -0.05) is 153 Å². The zero-order valence-electron chi connectivity index (χ0n) is 37.5. The molecule has 0 saturated heterocycles. The molecule has 0 bridgehead atoms. The summed E-state index contributed by atoms with van der Waals surface area (Å²) in [5.41, 5.74) is 0. The minimum atomic E-state index is -4.67. The van der Waals surface area contributed by atoms with Gasteiger partial charge in [-0.15, -0.1) is 0 Å². The van der Waals surface area contributed by atoms with Crippen molar-refractivity contribution in [2.75, 3.05) is 47.5 Å². The van der Waals surface area contributed by atoms with Crippen LogP contribution in [-0.4, -0.2) is 92.5 Å². The van der Waals surface area contributed by atoms with E-state index >= 15 is 0 Å². The number of phosphoric ester groups is 1. The van der Waals surface area contributed by atoms with E-state index in [2.05, 4.69) is 19.9 Å². The average Bonchev–Trinajstić information content (AvgIpc) is 3.17. The highest BCUT2D eigenvalue weighted by atomic mass is 31.2. The van der Waals surface area contributed by atoms with Crippen LogP contribution in [0.3, 0.4) is 0 Å².